The van der Waals surface area contributed by atoms with Gasteiger partial charge in [0.2, 0.25) is 0 Å². The Morgan fingerprint density at radius 1 is 0.386 bits per heavy atom. The van der Waals surface area contributed by atoms with E-state index in [1.807, 2.05) is 6.07 Å². The molecular weight excluding hydrogens is 534 g/mol. The van der Waals surface area contributed by atoms with Crippen molar-refractivity contribution >= 4 is 39.0 Å². The summed E-state index contributed by atoms with van der Waals surface area (Å²) in [6.07, 6.45) is 0. The Bertz CT molecular complexity index is 2220. The summed E-state index contributed by atoms with van der Waals surface area (Å²) in [5, 5.41) is 2.22. The summed E-state index contributed by atoms with van der Waals surface area (Å²) in [5.74, 6) is 0. The van der Waals surface area contributed by atoms with Crippen molar-refractivity contribution in [3.8, 4) is 33.4 Å². The van der Waals surface area contributed by atoms with Gasteiger partial charge in [-0.05, 0) is 64.7 Å². The summed E-state index contributed by atoms with van der Waals surface area (Å²) in [5.41, 5.74) is 12.0. The van der Waals surface area contributed by atoms with Gasteiger partial charge in [-0.15, -0.1) is 0 Å². The molecule has 0 spiro atoms. The average molecular weight is 564 g/mol. The van der Waals surface area contributed by atoms with Gasteiger partial charge in [-0.25, -0.2) is 0 Å². The number of benzene rings is 7. The van der Waals surface area contributed by atoms with Crippen molar-refractivity contribution in [2.75, 3.05) is 4.90 Å². The van der Waals surface area contributed by atoms with Gasteiger partial charge in [-0.2, -0.15) is 0 Å². The van der Waals surface area contributed by atoms with E-state index in [9.17, 15) is 0 Å². The van der Waals surface area contributed by atoms with Crippen LogP contribution in [0.15, 0.2) is 180 Å². The molecule has 0 aliphatic rings. The molecule has 2 nitrogen and oxygen atoms in total. The first kappa shape index (κ1) is 25.8. The summed E-state index contributed by atoms with van der Waals surface area (Å²) < 4.78 is 6.45. The van der Waals surface area contributed by atoms with E-state index in [1.54, 1.807) is 0 Å². The fourth-order valence-corrected chi connectivity index (χ4v) is 6.28. The van der Waals surface area contributed by atoms with Gasteiger partial charge in [0.05, 0.1) is 11.4 Å². The van der Waals surface area contributed by atoms with Crippen LogP contribution in [-0.2, 0) is 0 Å². The number of fused-ring (bicyclic) bond motifs is 3. The molecule has 8 aromatic rings. The maximum Gasteiger partial charge on any atom is 0.136 e. The predicted molar refractivity (Wildman–Crippen MR) is 185 cm³/mol. The molecule has 1 heterocycles. The van der Waals surface area contributed by atoms with Gasteiger partial charge in [0.15, 0.2) is 0 Å². The lowest BCUT2D eigenvalue weighted by Gasteiger charge is -2.30. The van der Waals surface area contributed by atoms with Crippen LogP contribution in [0.3, 0.4) is 0 Å². The van der Waals surface area contributed by atoms with Crippen molar-refractivity contribution in [3.05, 3.63) is 176 Å². The van der Waals surface area contributed by atoms with E-state index in [0.29, 0.717) is 0 Å². The largest absolute Gasteiger partial charge is 0.456 e. The molecule has 0 aliphatic carbocycles. The lowest BCUT2D eigenvalue weighted by Crippen LogP contribution is -2.12. The van der Waals surface area contributed by atoms with Crippen LogP contribution in [0.25, 0.3) is 55.3 Å². The Labute approximate surface area is 257 Å². The molecule has 0 bridgehead atoms. The number of anilines is 3. The molecule has 0 amide bonds. The van der Waals surface area contributed by atoms with Crippen LogP contribution in [-0.4, -0.2) is 0 Å². The lowest BCUT2D eigenvalue weighted by molar-refractivity contribution is 0.669. The standard InChI is InChI=1S/C42H29NO/c1-4-15-30(16-5-1)32-19-14-20-33(29-32)41-38(27-28-40-42(41)36-24-11-13-26-39(36)44-40)43(34-21-8-3-9-22-34)37-25-12-10-23-35(37)31-17-6-2-7-18-31/h1-29H. The molecule has 0 unspecified atom stereocenters. The predicted octanol–water partition coefficient (Wildman–Crippen LogP) is 12.1. The quantitative estimate of drug-likeness (QED) is 0.200. The fourth-order valence-electron chi connectivity index (χ4n) is 6.28. The third-order valence-electron chi connectivity index (χ3n) is 8.26. The van der Waals surface area contributed by atoms with Gasteiger partial charge in [-0.3, -0.25) is 0 Å². The van der Waals surface area contributed by atoms with Crippen molar-refractivity contribution in [2.45, 2.75) is 0 Å². The Hall–Kier alpha value is -5.86. The second-order valence-corrected chi connectivity index (χ2v) is 10.9. The third-order valence-corrected chi connectivity index (χ3v) is 8.26. The summed E-state index contributed by atoms with van der Waals surface area (Å²) in [4.78, 5) is 2.40. The van der Waals surface area contributed by atoms with E-state index in [1.165, 1.54) is 16.7 Å². The van der Waals surface area contributed by atoms with Crippen LogP contribution in [0.2, 0.25) is 0 Å². The highest BCUT2D eigenvalue weighted by atomic mass is 16.3. The maximum absolute atomic E-state index is 6.45. The summed E-state index contributed by atoms with van der Waals surface area (Å²) in [7, 11) is 0. The zero-order valence-corrected chi connectivity index (χ0v) is 24.1. The SMILES string of the molecule is c1ccc(-c2cccc(-c3c(N(c4ccccc4)c4ccccc4-c4ccccc4)ccc4oc5ccccc5c34)c2)cc1. The molecule has 2 heteroatoms. The first-order valence-corrected chi connectivity index (χ1v) is 14.9. The topological polar surface area (TPSA) is 16.4 Å². The molecule has 0 radical (unpaired) electrons. The van der Waals surface area contributed by atoms with E-state index in [2.05, 4.69) is 175 Å². The highest BCUT2D eigenvalue weighted by Gasteiger charge is 2.24. The van der Waals surface area contributed by atoms with E-state index >= 15 is 0 Å². The van der Waals surface area contributed by atoms with Crippen LogP contribution in [0.1, 0.15) is 0 Å². The maximum atomic E-state index is 6.45. The number of hydrogen-bond donors (Lipinski definition) is 0. The Morgan fingerprint density at radius 2 is 1.00 bits per heavy atom. The highest BCUT2D eigenvalue weighted by molar-refractivity contribution is 6.16. The third kappa shape index (κ3) is 4.54. The normalized spacial score (nSPS) is 11.2. The number of para-hydroxylation sites is 3. The molecule has 0 saturated heterocycles. The van der Waals surface area contributed by atoms with Crippen LogP contribution in [0.4, 0.5) is 17.1 Å². The molecular formula is C42H29NO. The second-order valence-electron chi connectivity index (χ2n) is 10.9. The summed E-state index contributed by atoms with van der Waals surface area (Å²) >= 11 is 0. The number of nitrogens with zero attached hydrogens (tertiary/aromatic N) is 1. The Balaban J connectivity index is 1.47. The van der Waals surface area contributed by atoms with Gasteiger partial charge in [0.25, 0.3) is 0 Å². The van der Waals surface area contributed by atoms with E-state index < -0.39 is 0 Å². The van der Waals surface area contributed by atoms with Crippen LogP contribution in [0.5, 0.6) is 0 Å². The van der Waals surface area contributed by atoms with Gasteiger partial charge in [0, 0.05) is 27.6 Å². The highest BCUT2D eigenvalue weighted by Crippen LogP contribution is 2.49. The first-order chi connectivity index (χ1) is 21.8. The van der Waals surface area contributed by atoms with E-state index in [0.717, 1.165) is 55.7 Å². The van der Waals surface area contributed by atoms with Crippen molar-refractivity contribution in [3.63, 3.8) is 0 Å². The molecule has 8 rings (SSSR count). The minimum Gasteiger partial charge on any atom is -0.456 e. The molecule has 0 saturated carbocycles. The monoisotopic (exact) mass is 563 g/mol. The van der Waals surface area contributed by atoms with E-state index in [-0.39, 0.29) is 0 Å². The zero-order valence-electron chi connectivity index (χ0n) is 24.1. The minimum atomic E-state index is 0.874. The lowest BCUT2D eigenvalue weighted by atomic mass is 9.93. The van der Waals surface area contributed by atoms with Gasteiger partial charge in [-0.1, -0.05) is 133 Å². The molecule has 0 atom stereocenters. The molecule has 44 heavy (non-hydrogen) atoms. The second kappa shape index (κ2) is 11.1. The number of furan rings is 1. The Kier molecular flexibility index (Phi) is 6.51. The van der Waals surface area contributed by atoms with Crippen LogP contribution >= 0.6 is 0 Å². The van der Waals surface area contributed by atoms with Crippen molar-refractivity contribution in [2.24, 2.45) is 0 Å². The zero-order chi connectivity index (χ0) is 29.3. The summed E-state index contributed by atoms with van der Waals surface area (Å²) in [6.45, 7) is 0. The van der Waals surface area contributed by atoms with Crippen LogP contribution in [0, 0.1) is 0 Å². The Morgan fingerprint density at radius 3 is 1.80 bits per heavy atom. The van der Waals surface area contributed by atoms with Gasteiger partial charge >= 0.3 is 0 Å². The molecule has 0 fully saturated rings. The van der Waals surface area contributed by atoms with E-state index in [4.69, 9.17) is 4.42 Å². The number of hydrogen-bond acceptors (Lipinski definition) is 2. The molecule has 0 N–H and O–H groups in total. The van der Waals surface area contributed by atoms with Crippen LogP contribution < -0.4 is 4.90 Å². The molecule has 1 aromatic heterocycles. The van der Waals surface area contributed by atoms with Crippen molar-refractivity contribution in [1.29, 1.82) is 0 Å². The summed E-state index contributed by atoms with van der Waals surface area (Å²) in [6, 6.07) is 62.1. The molecule has 0 aliphatic heterocycles. The van der Waals surface area contributed by atoms with Crippen molar-refractivity contribution in [1.82, 2.24) is 0 Å². The van der Waals surface area contributed by atoms with Gasteiger partial charge in [0.1, 0.15) is 11.2 Å². The average Bonchev–Trinajstić information content (AvgIpc) is 3.49. The van der Waals surface area contributed by atoms with Crippen molar-refractivity contribution < 1.29 is 4.42 Å². The molecule has 7 aromatic carbocycles. The van der Waals surface area contributed by atoms with Gasteiger partial charge < -0.3 is 9.32 Å². The molecule has 208 valence electrons. The smallest absolute Gasteiger partial charge is 0.136 e. The fraction of sp³-hybridized carbons (Fsp3) is 0. The minimum absolute atomic E-state index is 0.874. The first-order valence-electron chi connectivity index (χ1n) is 14.9. The number of rotatable bonds is 6.